The number of benzene rings is 2. The molecule has 0 atom stereocenters. The van der Waals surface area contributed by atoms with E-state index in [9.17, 15) is 18.8 Å². The van der Waals surface area contributed by atoms with Crippen LogP contribution >= 0.6 is 0 Å². The molecular formula is C18H14FN3O3. The Morgan fingerprint density at radius 1 is 1.12 bits per heavy atom. The average Bonchev–Trinajstić information content (AvgIpc) is 2.93. The Labute approximate surface area is 142 Å². The standard InChI is InChI=1S/C18H14FN3O3/c19-13-6-3-5-12(8-13)18(25)20-10-16(24)21-22-17-14-7-2-1-4-11(14)9-15(17)23/h1-8H,9-10H2,(H,20,25)(H,21,24)/b22-17+. The van der Waals surface area contributed by atoms with Gasteiger partial charge in [0.15, 0.2) is 5.78 Å². The molecule has 1 aliphatic rings. The van der Waals surface area contributed by atoms with Crippen molar-refractivity contribution in [2.45, 2.75) is 6.42 Å². The summed E-state index contributed by atoms with van der Waals surface area (Å²) in [6.45, 7) is -0.345. The van der Waals surface area contributed by atoms with E-state index < -0.39 is 17.6 Å². The van der Waals surface area contributed by atoms with Gasteiger partial charge in [-0.15, -0.1) is 0 Å². The first-order chi connectivity index (χ1) is 12.0. The van der Waals surface area contributed by atoms with Crippen LogP contribution in [0, 0.1) is 5.82 Å². The molecule has 0 radical (unpaired) electrons. The zero-order valence-corrected chi connectivity index (χ0v) is 13.1. The van der Waals surface area contributed by atoms with Crippen molar-refractivity contribution in [1.82, 2.24) is 10.7 Å². The van der Waals surface area contributed by atoms with Crippen molar-refractivity contribution in [3.05, 3.63) is 71.0 Å². The molecule has 0 aliphatic heterocycles. The van der Waals surface area contributed by atoms with Crippen molar-refractivity contribution < 1.29 is 18.8 Å². The molecule has 0 spiro atoms. The fraction of sp³-hybridized carbons (Fsp3) is 0.111. The Morgan fingerprint density at radius 3 is 2.72 bits per heavy atom. The largest absolute Gasteiger partial charge is 0.343 e. The molecular weight excluding hydrogens is 325 g/mol. The lowest BCUT2D eigenvalue weighted by molar-refractivity contribution is -0.120. The summed E-state index contributed by atoms with van der Waals surface area (Å²) >= 11 is 0. The minimum Gasteiger partial charge on any atom is -0.343 e. The summed E-state index contributed by atoms with van der Waals surface area (Å²) in [5.41, 5.74) is 4.11. The highest BCUT2D eigenvalue weighted by Crippen LogP contribution is 2.19. The average molecular weight is 339 g/mol. The van der Waals surface area contributed by atoms with Gasteiger partial charge in [-0.2, -0.15) is 5.10 Å². The number of ketones is 1. The molecule has 0 fully saturated rings. The summed E-state index contributed by atoms with van der Waals surface area (Å²) in [5, 5.41) is 6.23. The smallest absolute Gasteiger partial charge is 0.259 e. The topological polar surface area (TPSA) is 87.6 Å². The van der Waals surface area contributed by atoms with E-state index in [2.05, 4.69) is 15.8 Å². The van der Waals surface area contributed by atoms with Gasteiger partial charge in [0.2, 0.25) is 0 Å². The number of nitrogens with one attached hydrogen (secondary N) is 2. The molecule has 0 unspecified atom stereocenters. The fourth-order valence-corrected chi connectivity index (χ4v) is 2.49. The van der Waals surface area contributed by atoms with Crippen LogP contribution in [0.15, 0.2) is 53.6 Å². The lowest BCUT2D eigenvalue weighted by atomic mass is 10.1. The third kappa shape index (κ3) is 3.77. The minimum atomic E-state index is -0.588. The number of hydrazone groups is 1. The molecule has 2 aromatic carbocycles. The van der Waals surface area contributed by atoms with Crippen molar-refractivity contribution in [2.75, 3.05) is 6.54 Å². The molecule has 0 aromatic heterocycles. The quantitative estimate of drug-likeness (QED) is 0.821. The Kier molecular flexibility index (Phi) is 4.65. The highest BCUT2D eigenvalue weighted by Gasteiger charge is 2.25. The number of amides is 2. The number of rotatable bonds is 4. The normalized spacial score (nSPS) is 14.3. The van der Waals surface area contributed by atoms with Crippen molar-refractivity contribution in [3.8, 4) is 0 Å². The predicted octanol–water partition coefficient (Wildman–Crippen LogP) is 1.20. The summed E-state index contributed by atoms with van der Waals surface area (Å²) < 4.78 is 13.1. The number of hydrogen-bond acceptors (Lipinski definition) is 4. The van der Waals surface area contributed by atoms with Crippen molar-refractivity contribution in [2.24, 2.45) is 5.10 Å². The third-order valence-corrected chi connectivity index (χ3v) is 3.68. The van der Waals surface area contributed by atoms with E-state index in [1.165, 1.54) is 18.2 Å². The predicted molar refractivity (Wildman–Crippen MR) is 88.6 cm³/mol. The highest BCUT2D eigenvalue weighted by molar-refractivity contribution is 6.49. The van der Waals surface area contributed by atoms with Crippen molar-refractivity contribution >= 4 is 23.3 Å². The van der Waals surface area contributed by atoms with Crippen LogP contribution in [0.5, 0.6) is 0 Å². The monoisotopic (exact) mass is 339 g/mol. The van der Waals surface area contributed by atoms with E-state index in [4.69, 9.17) is 0 Å². The van der Waals surface area contributed by atoms with Gasteiger partial charge in [0.05, 0.1) is 6.54 Å². The maximum atomic E-state index is 13.1. The van der Waals surface area contributed by atoms with E-state index in [-0.39, 0.29) is 30.0 Å². The minimum absolute atomic E-state index is 0.110. The van der Waals surface area contributed by atoms with Crippen molar-refractivity contribution in [3.63, 3.8) is 0 Å². The summed E-state index contributed by atoms with van der Waals surface area (Å²) in [4.78, 5) is 35.6. The maximum Gasteiger partial charge on any atom is 0.259 e. The fourth-order valence-electron chi connectivity index (χ4n) is 2.49. The number of nitrogens with zero attached hydrogens (tertiary/aromatic N) is 1. The molecule has 126 valence electrons. The van der Waals surface area contributed by atoms with Gasteiger partial charge in [-0.1, -0.05) is 30.3 Å². The summed E-state index contributed by atoms with van der Waals surface area (Å²) in [6, 6.07) is 12.3. The summed E-state index contributed by atoms with van der Waals surface area (Å²) in [7, 11) is 0. The van der Waals surface area contributed by atoms with Crippen LogP contribution in [0.4, 0.5) is 4.39 Å². The lowest BCUT2D eigenvalue weighted by Crippen LogP contribution is -2.35. The van der Waals surface area contributed by atoms with Gasteiger partial charge in [-0.3, -0.25) is 14.4 Å². The van der Waals surface area contributed by atoms with Gasteiger partial charge in [-0.25, -0.2) is 9.82 Å². The second-order valence-corrected chi connectivity index (χ2v) is 5.45. The number of halogens is 1. The summed E-state index contributed by atoms with van der Waals surface area (Å²) in [5.74, 6) is -1.88. The zero-order chi connectivity index (χ0) is 17.8. The van der Waals surface area contributed by atoms with Crippen LogP contribution in [-0.2, 0) is 16.0 Å². The Morgan fingerprint density at radius 2 is 1.92 bits per heavy atom. The molecule has 25 heavy (non-hydrogen) atoms. The van der Waals surface area contributed by atoms with Crippen LogP contribution in [0.1, 0.15) is 21.5 Å². The number of carbonyl (C=O) groups is 3. The molecule has 3 rings (SSSR count). The molecule has 0 heterocycles. The SMILES string of the molecule is O=C(CNC(=O)c1cccc(F)c1)N/N=C1/C(=O)Cc2ccccc21. The van der Waals surface area contributed by atoms with Gasteiger partial charge in [0.1, 0.15) is 11.5 Å². The third-order valence-electron chi connectivity index (χ3n) is 3.68. The van der Waals surface area contributed by atoms with E-state index in [1.54, 1.807) is 12.1 Å². The van der Waals surface area contributed by atoms with Gasteiger partial charge in [-0.05, 0) is 23.8 Å². The first-order valence-corrected chi connectivity index (χ1v) is 7.56. The van der Waals surface area contributed by atoms with E-state index >= 15 is 0 Å². The molecule has 0 saturated carbocycles. The Balaban J connectivity index is 1.58. The van der Waals surface area contributed by atoms with E-state index in [1.807, 2.05) is 12.1 Å². The molecule has 0 saturated heterocycles. The van der Waals surface area contributed by atoms with Crippen LogP contribution in [0.2, 0.25) is 0 Å². The van der Waals surface area contributed by atoms with E-state index in [0.29, 0.717) is 5.56 Å². The molecule has 7 heteroatoms. The molecule has 2 aromatic rings. The molecule has 2 amide bonds. The number of carbonyl (C=O) groups excluding carboxylic acids is 3. The van der Waals surface area contributed by atoms with Gasteiger partial charge in [0.25, 0.3) is 11.8 Å². The first-order valence-electron chi connectivity index (χ1n) is 7.56. The number of hydrogen-bond donors (Lipinski definition) is 2. The van der Waals surface area contributed by atoms with Crippen LogP contribution in [0.3, 0.4) is 0 Å². The lowest BCUT2D eigenvalue weighted by Gasteiger charge is -2.05. The second-order valence-electron chi connectivity index (χ2n) is 5.45. The van der Waals surface area contributed by atoms with Crippen LogP contribution in [0.25, 0.3) is 0 Å². The number of Topliss-reactive ketones (excluding diaryl/α,β-unsaturated/α-hetero) is 1. The second kappa shape index (κ2) is 7.04. The highest BCUT2D eigenvalue weighted by atomic mass is 19.1. The zero-order valence-electron chi connectivity index (χ0n) is 13.1. The molecule has 1 aliphatic carbocycles. The molecule has 6 nitrogen and oxygen atoms in total. The molecule has 2 N–H and O–H groups in total. The van der Waals surface area contributed by atoms with Crippen LogP contribution < -0.4 is 10.7 Å². The number of fused-ring (bicyclic) bond motifs is 1. The van der Waals surface area contributed by atoms with Crippen LogP contribution in [-0.4, -0.2) is 29.9 Å². The van der Waals surface area contributed by atoms with Crippen molar-refractivity contribution in [1.29, 1.82) is 0 Å². The molecule has 0 bridgehead atoms. The van der Waals surface area contributed by atoms with Gasteiger partial charge >= 0.3 is 0 Å². The first kappa shape index (κ1) is 16.5. The Bertz CT molecular complexity index is 893. The maximum absolute atomic E-state index is 13.1. The van der Waals surface area contributed by atoms with Gasteiger partial charge in [0, 0.05) is 17.5 Å². The van der Waals surface area contributed by atoms with E-state index in [0.717, 1.165) is 11.6 Å². The Hall–Kier alpha value is -3.35. The summed E-state index contributed by atoms with van der Waals surface area (Å²) in [6.07, 6.45) is 0.251. The van der Waals surface area contributed by atoms with Gasteiger partial charge < -0.3 is 5.32 Å².